The van der Waals surface area contributed by atoms with Crippen molar-refractivity contribution in [3.05, 3.63) is 53.2 Å². The molecule has 0 atom stereocenters. The monoisotopic (exact) mass is 468 g/mol. The highest BCUT2D eigenvalue weighted by atomic mass is 32.1. The van der Waals surface area contributed by atoms with Crippen LogP contribution in [-0.4, -0.2) is 61.3 Å². The Morgan fingerprint density at radius 3 is 2.70 bits per heavy atom. The van der Waals surface area contributed by atoms with E-state index in [0.717, 1.165) is 27.8 Å². The van der Waals surface area contributed by atoms with Crippen molar-refractivity contribution in [2.45, 2.75) is 13.0 Å². The first-order valence-corrected chi connectivity index (χ1v) is 11.1. The fraction of sp³-hybridized carbons (Fsp3) is 0.304. The second-order valence-electron chi connectivity index (χ2n) is 7.41. The van der Waals surface area contributed by atoms with Gasteiger partial charge in [-0.25, -0.2) is 14.8 Å². The van der Waals surface area contributed by atoms with Gasteiger partial charge in [-0.05, 0) is 29.7 Å². The zero-order valence-electron chi connectivity index (χ0n) is 18.6. The molecule has 0 bridgehead atoms. The Morgan fingerprint density at radius 1 is 1.24 bits per heavy atom. The Kier molecular flexibility index (Phi) is 6.85. The quantitative estimate of drug-likeness (QED) is 0.584. The number of hydrogen-bond acceptors (Lipinski definition) is 8. The summed E-state index contributed by atoms with van der Waals surface area (Å²) in [5.41, 5.74) is 4.10. The van der Waals surface area contributed by atoms with E-state index >= 15 is 0 Å². The van der Waals surface area contributed by atoms with Crippen LogP contribution >= 0.6 is 11.3 Å². The van der Waals surface area contributed by atoms with Crippen LogP contribution in [0, 0.1) is 0 Å². The molecule has 3 aromatic rings. The highest BCUT2D eigenvalue weighted by molar-refractivity contribution is 7.22. The first kappa shape index (κ1) is 22.7. The number of carbonyl (C=O) groups excluding carboxylic acids is 2. The molecule has 2 amide bonds. The van der Waals surface area contributed by atoms with Crippen LogP contribution in [0.25, 0.3) is 15.8 Å². The number of rotatable bonds is 6. The van der Waals surface area contributed by atoms with Gasteiger partial charge in [0.05, 0.1) is 32.1 Å². The van der Waals surface area contributed by atoms with E-state index in [2.05, 4.69) is 15.3 Å². The summed E-state index contributed by atoms with van der Waals surface area (Å²) in [5.74, 6) is 0.137. The molecule has 4 rings (SSSR count). The molecule has 9 nitrogen and oxygen atoms in total. The third kappa shape index (κ3) is 4.96. The molecule has 0 saturated heterocycles. The number of aromatic nitrogens is 2. The lowest BCUT2D eigenvalue weighted by atomic mass is 10.0. The standard InChI is InChI=1S/C23H24N4O5S/c1-27(23(29)31-3)13-14-4-6-16(7-5-14)20(28)26-22-25-18-19(33-22)17(12-24-21(18)30-2)15-8-10-32-11-9-15/h4-8,12H,9-11,13H2,1-3H3,(H,25,26,28). The van der Waals surface area contributed by atoms with Crippen LogP contribution in [0.1, 0.15) is 27.9 Å². The van der Waals surface area contributed by atoms with E-state index in [-0.39, 0.29) is 5.91 Å². The van der Waals surface area contributed by atoms with Crippen LogP contribution in [0.2, 0.25) is 0 Å². The summed E-state index contributed by atoms with van der Waals surface area (Å²) in [4.78, 5) is 34.8. The van der Waals surface area contributed by atoms with Crippen LogP contribution in [0.3, 0.4) is 0 Å². The minimum Gasteiger partial charge on any atom is -0.479 e. The zero-order chi connectivity index (χ0) is 23.4. The van der Waals surface area contributed by atoms with Gasteiger partial charge in [0, 0.05) is 30.9 Å². The average Bonchev–Trinajstić information content (AvgIpc) is 3.27. The van der Waals surface area contributed by atoms with Gasteiger partial charge >= 0.3 is 6.09 Å². The van der Waals surface area contributed by atoms with Gasteiger partial charge in [0.2, 0.25) is 5.88 Å². The number of fused-ring (bicyclic) bond motifs is 1. The number of anilines is 1. The third-order valence-corrected chi connectivity index (χ3v) is 6.23. The Morgan fingerprint density at radius 2 is 2.03 bits per heavy atom. The van der Waals surface area contributed by atoms with E-state index in [1.807, 2.05) is 6.08 Å². The van der Waals surface area contributed by atoms with Crippen molar-refractivity contribution in [3.63, 3.8) is 0 Å². The molecule has 1 aliphatic rings. The molecule has 1 aliphatic heterocycles. The average molecular weight is 469 g/mol. The Balaban J connectivity index is 1.54. The van der Waals surface area contributed by atoms with Crippen LogP contribution in [0.4, 0.5) is 9.93 Å². The van der Waals surface area contributed by atoms with Crippen molar-refractivity contribution < 1.29 is 23.8 Å². The van der Waals surface area contributed by atoms with Crippen molar-refractivity contribution >= 4 is 44.3 Å². The molecule has 0 fully saturated rings. The zero-order valence-corrected chi connectivity index (χ0v) is 19.4. The lowest BCUT2D eigenvalue weighted by Gasteiger charge is -2.15. The number of benzene rings is 1. The maximum Gasteiger partial charge on any atom is 0.409 e. The SMILES string of the molecule is COC(=O)N(C)Cc1ccc(C(=O)Nc2nc3c(OC)ncc(C4=CCOCC4)c3s2)cc1. The number of pyridine rings is 1. The molecule has 0 radical (unpaired) electrons. The van der Waals surface area contributed by atoms with Crippen LogP contribution in [0.5, 0.6) is 5.88 Å². The first-order valence-electron chi connectivity index (χ1n) is 10.3. The number of thiazole rings is 1. The van der Waals surface area contributed by atoms with Gasteiger partial charge in [-0.3, -0.25) is 10.1 Å². The summed E-state index contributed by atoms with van der Waals surface area (Å²) in [5, 5.41) is 3.34. The van der Waals surface area contributed by atoms with Gasteiger partial charge < -0.3 is 19.1 Å². The molecule has 3 heterocycles. The van der Waals surface area contributed by atoms with Crippen LogP contribution in [-0.2, 0) is 16.0 Å². The van der Waals surface area contributed by atoms with Gasteiger partial charge in [-0.2, -0.15) is 0 Å². The van der Waals surface area contributed by atoms with Gasteiger partial charge in [-0.15, -0.1) is 0 Å². The second-order valence-corrected chi connectivity index (χ2v) is 8.41. The predicted octanol–water partition coefficient (Wildman–Crippen LogP) is 3.95. The van der Waals surface area contributed by atoms with E-state index in [9.17, 15) is 9.59 Å². The lowest BCUT2D eigenvalue weighted by Crippen LogP contribution is -2.25. The van der Waals surface area contributed by atoms with Crippen molar-refractivity contribution in [2.24, 2.45) is 0 Å². The molecule has 0 aliphatic carbocycles. The fourth-order valence-electron chi connectivity index (χ4n) is 3.52. The summed E-state index contributed by atoms with van der Waals surface area (Å²) >= 11 is 1.38. The first-order chi connectivity index (χ1) is 16.0. The molecule has 1 N–H and O–H groups in total. The van der Waals surface area contributed by atoms with E-state index in [1.54, 1.807) is 44.6 Å². The molecular weight excluding hydrogens is 444 g/mol. The van der Waals surface area contributed by atoms with Gasteiger partial charge in [-0.1, -0.05) is 29.5 Å². The topological polar surface area (TPSA) is 103 Å². The Labute approximate surface area is 195 Å². The second kappa shape index (κ2) is 9.97. The molecule has 33 heavy (non-hydrogen) atoms. The molecule has 0 saturated carbocycles. The minimum atomic E-state index is -0.423. The molecule has 172 valence electrons. The van der Waals surface area contributed by atoms with Crippen molar-refractivity contribution in [2.75, 3.05) is 39.8 Å². The van der Waals surface area contributed by atoms with Crippen molar-refractivity contribution in [3.8, 4) is 5.88 Å². The predicted molar refractivity (Wildman–Crippen MR) is 126 cm³/mol. The van der Waals surface area contributed by atoms with Crippen molar-refractivity contribution in [1.29, 1.82) is 0 Å². The number of amides is 2. The molecule has 0 unspecified atom stereocenters. The van der Waals surface area contributed by atoms with E-state index in [1.165, 1.54) is 23.3 Å². The number of methoxy groups -OCH3 is 2. The summed E-state index contributed by atoms with van der Waals surface area (Å²) in [7, 11) is 4.53. The summed E-state index contributed by atoms with van der Waals surface area (Å²) in [6.45, 7) is 1.60. The normalized spacial score (nSPS) is 13.4. The Hall–Kier alpha value is -3.50. The summed E-state index contributed by atoms with van der Waals surface area (Å²) in [6.07, 6.45) is 4.20. The van der Waals surface area contributed by atoms with Crippen LogP contribution in [0.15, 0.2) is 36.5 Å². The van der Waals surface area contributed by atoms with E-state index < -0.39 is 6.09 Å². The maximum atomic E-state index is 12.8. The third-order valence-electron chi connectivity index (χ3n) is 5.23. The number of nitrogens with zero attached hydrogens (tertiary/aromatic N) is 3. The lowest BCUT2D eigenvalue weighted by molar-refractivity contribution is 0.102. The summed E-state index contributed by atoms with van der Waals surface area (Å²) in [6, 6.07) is 7.03. The van der Waals surface area contributed by atoms with E-state index in [0.29, 0.717) is 41.9 Å². The highest BCUT2D eigenvalue weighted by Crippen LogP contribution is 2.37. The molecule has 0 spiro atoms. The number of hydrogen-bond donors (Lipinski definition) is 1. The maximum absolute atomic E-state index is 12.8. The van der Waals surface area contributed by atoms with Gasteiger partial charge in [0.15, 0.2) is 5.13 Å². The number of carbonyl (C=O) groups is 2. The molecule has 1 aromatic carbocycles. The number of nitrogens with one attached hydrogen (secondary N) is 1. The fourth-order valence-corrected chi connectivity index (χ4v) is 4.52. The van der Waals surface area contributed by atoms with Crippen LogP contribution < -0.4 is 10.1 Å². The highest BCUT2D eigenvalue weighted by Gasteiger charge is 2.19. The summed E-state index contributed by atoms with van der Waals surface area (Å²) < 4.78 is 16.4. The Bertz CT molecular complexity index is 1210. The molecule has 10 heteroatoms. The van der Waals surface area contributed by atoms with Crippen molar-refractivity contribution in [1.82, 2.24) is 14.9 Å². The minimum absolute atomic E-state index is 0.277. The molecular formula is C23H24N4O5S. The smallest absolute Gasteiger partial charge is 0.409 e. The number of ether oxygens (including phenoxy) is 3. The van der Waals surface area contributed by atoms with E-state index in [4.69, 9.17) is 14.2 Å². The van der Waals surface area contributed by atoms with Gasteiger partial charge in [0.1, 0.15) is 5.52 Å². The largest absolute Gasteiger partial charge is 0.479 e. The molecule has 2 aromatic heterocycles. The van der Waals surface area contributed by atoms with Gasteiger partial charge in [0.25, 0.3) is 5.91 Å².